The normalized spacial score (nSPS) is 11.1. The number of carbonyl (C=O) groups excluding carboxylic acids is 2. The lowest BCUT2D eigenvalue weighted by atomic mass is 10.1. The molecule has 5 nitrogen and oxygen atoms in total. The molecule has 2 aromatic rings. The lowest BCUT2D eigenvalue weighted by Crippen LogP contribution is -2.35. The Hall–Kier alpha value is -2.37. The first-order chi connectivity index (χ1) is 12.0. The van der Waals surface area contributed by atoms with Crippen LogP contribution in [0.5, 0.6) is 0 Å². The Morgan fingerprint density at radius 3 is 2.48 bits per heavy atom. The molecule has 0 aliphatic heterocycles. The molecule has 0 saturated heterocycles. The van der Waals surface area contributed by atoms with Crippen molar-refractivity contribution in [3.63, 3.8) is 0 Å². The van der Waals surface area contributed by atoms with Crippen LogP contribution in [0.25, 0.3) is 0 Å². The van der Waals surface area contributed by atoms with Crippen LogP contribution in [0.1, 0.15) is 22.8 Å². The summed E-state index contributed by atoms with van der Waals surface area (Å²) in [5.74, 6) is -0.882. The first-order valence-corrected chi connectivity index (χ1v) is 8.30. The van der Waals surface area contributed by atoms with Crippen molar-refractivity contribution in [2.45, 2.75) is 13.3 Å². The topological polar surface area (TPSA) is 70.6 Å². The Morgan fingerprint density at radius 2 is 1.80 bits per heavy atom. The van der Waals surface area contributed by atoms with Crippen molar-refractivity contribution in [2.75, 3.05) is 6.54 Å². The molecule has 0 spiro atoms. The number of hydrogen-bond donors (Lipinski definition) is 2. The van der Waals surface area contributed by atoms with Crippen molar-refractivity contribution in [2.24, 2.45) is 5.10 Å². The molecule has 0 aliphatic rings. The van der Waals surface area contributed by atoms with Gasteiger partial charge in [0, 0.05) is 17.2 Å². The lowest BCUT2D eigenvalue weighted by Gasteiger charge is -2.07. The molecule has 0 aliphatic carbocycles. The maximum Gasteiger partial charge on any atom is 0.259 e. The van der Waals surface area contributed by atoms with Gasteiger partial charge in [-0.1, -0.05) is 53.5 Å². The molecule has 2 N–H and O–H groups in total. The second-order valence-electron chi connectivity index (χ2n) is 5.35. The molecule has 0 saturated carbocycles. The summed E-state index contributed by atoms with van der Waals surface area (Å²) < 4.78 is 0. The van der Waals surface area contributed by atoms with Gasteiger partial charge in [0.2, 0.25) is 0 Å². The van der Waals surface area contributed by atoms with Gasteiger partial charge in [0.25, 0.3) is 11.8 Å². The molecule has 130 valence electrons. The highest BCUT2D eigenvalue weighted by atomic mass is 35.5. The molecule has 2 aromatic carbocycles. The Morgan fingerprint density at radius 1 is 1.08 bits per heavy atom. The highest BCUT2D eigenvalue weighted by Gasteiger charge is 2.11. The van der Waals surface area contributed by atoms with Crippen molar-refractivity contribution >= 4 is 40.7 Å². The maximum atomic E-state index is 12.0. The average molecular weight is 378 g/mol. The number of nitrogens with one attached hydrogen (secondary N) is 2. The minimum Gasteiger partial charge on any atom is -0.343 e. The van der Waals surface area contributed by atoms with Crippen LogP contribution in [-0.4, -0.2) is 24.1 Å². The van der Waals surface area contributed by atoms with Crippen LogP contribution >= 0.6 is 23.2 Å². The van der Waals surface area contributed by atoms with Crippen LogP contribution in [0.15, 0.2) is 53.6 Å². The van der Waals surface area contributed by atoms with E-state index in [1.54, 1.807) is 6.07 Å². The third-order valence-corrected chi connectivity index (χ3v) is 3.81. The predicted molar refractivity (Wildman–Crippen MR) is 100 cm³/mol. The standard InChI is InChI=1S/C18H17Cl2N3O2/c1-12(9-13-5-3-2-4-6-13)22-23-17(24)11-21-18(25)15-8-7-14(19)10-16(15)20/h2-8,10H,9,11H2,1H3,(H,21,25)(H,23,24)/b22-12+. The van der Waals surface area contributed by atoms with E-state index >= 15 is 0 Å². The van der Waals surface area contributed by atoms with E-state index in [0.717, 1.165) is 11.3 Å². The largest absolute Gasteiger partial charge is 0.343 e. The summed E-state index contributed by atoms with van der Waals surface area (Å²) in [6.07, 6.45) is 0.633. The van der Waals surface area contributed by atoms with Crippen molar-refractivity contribution < 1.29 is 9.59 Å². The molecule has 7 heteroatoms. The zero-order chi connectivity index (χ0) is 18.2. The van der Waals surface area contributed by atoms with Crippen LogP contribution in [0.4, 0.5) is 0 Å². The van der Waals surface area contributed by atoms with Gasteiger partial charge in [-0.05, 0) is 30.7 Å². The molecule has 0 unspecified atom stereocenters. The summed E-state index contributed by atoms with van der Waals surface area (Å²) in [4.78, 5) is 23.8. The van der Waals surface area contributed by atoms with Crippen molar-refractivity contribution in [3.05, 3.63) is 69.7 Å². The average Bonchev–Trinajstić information content (AvgIpc) is 2.58. The maximum absolute atomic E-state index is 12.0. The van der Waals surface area contributed by atoms with Crippen molar-refractivity contribution in [1.29, 1.82) is 0 Å². The molecule has 0 atom stereocenters. The van der Waals surface area contributed by atoms with Crippen LogP contribution < -0.4 is 10.7 Å². The van der Waals surface area contributed by atoms with Crippen LogP contribution in [0.2, 0.25) is 10.0 Å². The monoisotopic (exact) mass is 377 g/mol. The van der Waals surface area contributed by atoms with Crippen LogP contribution in [0, 0.1) is 0 Å². The lowest BCUT2D eigenvalue weighted by molar-refractivity contribution is -0.120. The number of hydrogen-bond acceptors (Lipinski definition) is 3. The van der Waals surface area contributed by atoms with Gasteiger partial charge in [-0.15, -0.1) is 0 Å². The molecule has 0 bridgehead atoms. The van der Waals surface area contributed by atoms with Gasteiger partial charge in [-0.2, -0.15) is 5.10 Å². The molecule has 0 radical (unpaired) electrons. The third kappa shape index (κ3) is 6.21. The second-order valence-corrected chi connectivity index (χ2v) is 6.19. The minimum absolute atomic E-state index is 0.208. The first kappa shape index (κ1) is 19.0. The van der Waals surface area contributed by atoms with E-state index in [0.29, 0.717) is 11.4 Å². The van der Waals surface area contributed by atoms with Crippen molar-refractivity contribution in [3.8, 4) is 0 Å². The summed E-state index contributed by atoms with van der Waals surface area (Å²) in [5, 5.41) is 7.16. The fourth-order valence-corrected chi connectivity index (χ4v) is 2.55. The van der Waals surface area contributed by atoms with E-state index < -0.39 is 11.8 Å². The summed E-state index contributed by atoms with van der Waals surface area (Å²) in [7, 11) is 0. The van der Waals surface area contributed by atoms with E-state index in [1.807, 2.05) is 37.3 Å². The molecular weight excluding hydrogens is 361 g/mol. The van der Waals surface area contributed by atoms with E-state index in [1.165, 1.54) is 12.1 Å². The third-order valence-electron chi connectivity index (χ3n) is 3.26. The molecule has 0 aromatic heterocycles. The van der Waals surface area contributed by atoms with Gasteiger partial charge in [0.15, 0.2) is 0 Å². The van der Waals surface area contributed by atoms with Gasteiger partial charge in [0.05, 0.1) is 17.1 Å². The minimum atomic E-state index is -0.457. The smallest absolute Gasteiger partial charge is 0.259 e. The number of amides is 2. The van der Waals surface area contributed by atoms with Crippen LogP contribution in [0.3, 0.4) is 0 Å². The highest BCUT2D eigenvalue weighted by molar-refractivity contribution is 6.36. The summed E-state index contributed by atoms with van der Waals surface area (Å²) >= 11 is 11.7. The van der Waals surface area contributed by atoms with E-state index in [-0.39, 0.29) is 17.1 Å². The molecule has 2 amide bonds. The Bertz CT molecular complexity index is 792. The predicted octanol–water partition coefficient (Wildman–Crippen LogP) is 3.46. The summed E-state index contributed by atoms with van der Waals surface area (Å²) in [6.45, 7) is 1.61. The molecule has 0 fully saturated rings. The summed E-state index contributed by atoms with van der Waals surface area (Å²) in [6, 6.07) is 14.3. The van der Waals surface area contributed by atoms with Gasteiger partial charge in [-0.25, -0.2) is 5.43 Å². The number of halogens is 2. The van der Waals surface area contributed by atoms with Crippen LogP contribution in [-0.2, 0) is 11.2 Å². The fourth-order valence-electron chi connectivity index (χ4n) is 2.06. The van der Waals surface area contributed by atoms with Gasteiger partial charge in [0.1, 0.15) is 0 Å². The Balaban J connectivity index is 1.82. The quantitative estimate of drug-likeness (QED) is 0.597. The zero-order valence-corrected chi connectivity index (χ0v) is 15.1. The second kappa shape index (κ2) is 9.20. The number of benzene rings is 2. The molecule has 2 rings (SSSR count). The Kier molecular flexibility index (Phi) is 6.98. The van der Waals surface area contributed by atoms with Crippen molar-refractivity contribution in [1.82, 2.24) is 10.7 Å². The zero-order valence-electron chi connectivity index (χ0n) is 13.6. The van der Waals surface area contributed by atoms with E-state index in [9.17, 15) is 9.59 Å². The number of rotatable bonds is 6. The molecular formula is C18H17Cl2N3O2. The first-order valence-electron chi connectivity index (χ1n) is 7.55. The number of nitrogens with zero attached hydrogens (tertiary/aromatic N) is 1. The van der Waals surface area contributed by atoms with E-state index in [4.69, 9.17) is 23.2 Å². The highest BCUT2D eigenvalue weighted by Crippen LogP contribution is 2.20. The molecule has 25 heavy (non-hydrogen) atoms. The van der Waals surface area contributed by atoms with Gasteiger partial charge in [-0.3, -0.25) is 9.59 Å². The van der Waals surface area contributed by atoms with Gasteiger partial charge >= 0.3 is 0 Å². The number of hydrazone groups is 1. The SMILES string of the molecule is C/C(Cc1ccccc1)=N\NC(=O)CNC(=O)c1ccc(Cl)cc1Cl. The Labute approximate surface area is 156 Å². The summed E-state index contributed by atoms with van der Waals surface area (Å²) in [5.41, 5.74) is 4.52. The van der Waals surface area contributed by atoms with E-state index in [2.05, 4.69) is 15.8 Å². The number of carbonyl (C=O) groups is 2. The fraction of sp³-hybridized carbons (Fsp3) is 0.167. The molecule has 0 heterocycles. The van der Waals surface area contributed by atoms with Gasteiger partial charge < -0.3 is 5.32 Å².